The normalized spacial score (nSPS) is 10.9. The molecule has 0 atom stereocenters. The third-order valence-electron chi connectivity index (χ3n) is 1.84. The van der Waals surface area contributed by atoms with E-state index in [1.807, 2.05) is 30.3 Å². The zero-order chi connectivity index (χ0) is 9.52. The van der Waals surface area contributed by atoms with Crippen molar-refractivity contribution in [2.24, 2.45) is 0 Å². The first kappa shape index (κ1) is 9.96. The van der Waals surface area contributed by atoms with Crippen LogP contribution in [-0.4, -0.2) is 23.4 Å². The zero-order valence-corrected chi connectivity index (χ0v) is 7.48. The number of benzene rings is 1. The van der Waals surface area contributed by atoms with Crippen molar-refractivity contribution in [2.75, 3.05) is 13.2 Å². The fourth-order valence-electron chi connectivity index (χ4n) is 1.22. The van der Waals surface area contributed by atoms with Crippen LogP contribution in [0.5, 0.6) is 0 Å². The van der Waals surface area contributed by atoms with Crippen LogP contribution < -0.4 is 0 Å². The molecular weight excluding hydrogens is 164 g/mol. The minimum Gasteiger partial charge on any atom is -0.396 e. The highest BCUT2D eigenvalue weighted by Gasteiger charge is 1.96. The molecule has 1 aromatic carbocycles. The summed E-state index contributed by atoms with van der Waals surface area (Å²) in [4.78, 5) is 0. The third-order valence-corrected chi connectivity index (χ3v) is 1.84. The number of aliphatic hydroxyl groups is 2. The molecule has 0 amide bonds. The molecule has 0 spiro atoms. The Morgan fingerprint density at radius 1 is 1.15 bits per heavy atom. The molecule has 2 nitrogen and oxygen atoms in total. The van der Waals surface area contributed by atoms with Gasteiger partial charge in [-0.05, 0) is 17.5 Å². The van der Waals surface area contributed by atoms with Gasteiger partial charge in [0.15, 0.2) is 0 Å². The third kappa shape index (κ3) is 3.01. The van der Waals surface area contributed by atoms with Crippen LogP contribution in [0.25, 0.3) is 6.08 Å². The Hall–Kier alpha value is -1.12. The van der Waals surface area contributed by atoms with Crippen molar-refractivity contribution >= 4 is 6.08 Å². The second-order valence-electron chi connectivity index (χ2n) is 2.76. The molecule has 0 heterocycles. The molecule has 1 rings (SSSR count). The molecule has 0 aliphatic heterocycles. The molecule has 70 valence electrons. The van der Waals surface area contributed by atoms with Gasteiger partial charge in [0.05, 0.1) is 6.61 Å². The van der Waals surface area contributed by atoms with E-state index in [4.69, 9.17) is 10.2 Å². The lowest BCUT2D eigenvalue weighted by Gasteiger charge is -2.02. The highest BCUT2D eigenvalue weighted by molar-refractivity contribution is 5.53. The van der Waals surface area contributed by atoms with Crippen LogP contribution in [0.4, 0.5) is 0 Å². The van der Waals surface area contributed by atoms with E-state index in [9.17, 15) is 0 Å². The molecule has 0 aliphatic rings. The van der Waals surface area contributed by atoms with E-state index in [1.54, 1.807) is 6.08 Å². The van der Waals surface area contributed by atoms with Gasteiger partial charge in [0.1, 0.15) is 0 Å². The molecule has 0 radical (unpaired) electrons. The molecule has 1 aromatic rings. The van der Waals surface area contributed by atoms with Gasteiger partial charge in [-0.15, -0.1) is 0 Å². The Balaban J connectivity index is 2.84. The SMILES string of the molecule is OCC=Cc1ccccc1CCO. The maximum Gasteiger partial charge on any atom is 0.0615 e. The Morgan fingerprint density at radius 3 is 2.62 bits per heavy atom. The second kappa shape index (κ2) is 5.51. The van der Waals surface area contributed by atoms with Crippen LogP contribution in [0, 0.1) is 0 Å². The molecule has 0 saturated carbocycles. The lowest BCUT2D eigenvalue weighted by Crippen LogP contribution is -1.93. The molecule has 2 heteroatoms. The summed E-state index contributed by atoms with van der Waals surface area (Å²) in [7, 11) is 0. The molecule has 0 fully saturated rings. The fraction of sp³-hybridized carbons (Fsp3) is 0.273. The van der Waals surface area contributed by atoms with Crippen molar-refractivity contribution in [3.8, 4) is 0 Å². The zero-order valence-electron chi connectivity index (χ0n) is 7.48. The summed E-state index contributed by atoms with van der Waals surface area (Å²) in [6.07, 6.45) is 4.22. The van der Waals surface area contributed by atoms with Crippen molar-refractivity contribution in [2.45, 2.75) is 6.42 Å². The van der Waals surface area contributed by atoms with Crippen LogP contribution in [0.15, 0.2) is 30.3 Å². The topological polar surface area (TPSA) is 40.5 Å². The van der Waals surface area contributed by atoms with Gasteiger partial charge in [-0.25, -0.2) is 0 Å². The van der Waals surface area contributed by atoms with E-state index in [2.05, 4.69) is 0 Å². The van der Waals surface area contributed by atoms with Gasteiger partial charge in [-0.2, -0.15) is 0 Å². The maximum atomic E-state index is 8.80. The minimum absolute atomic E-state index is 0.0491. The van der Waals surface area contributed by atoms with Crippen LogP contribution in [0.2, 0.25) is 0 Å². The summed E-state index contributed by atoms with van der Waals surface area (Å²) in [6, 6.07) is 7.84. The first-order chi connectivity index (χ1) is 6.38. The van der Waals surface area contributed by atoms with E-state index >= 15 is 0 Å². The Morgan fingerprint density at radius 2 is 1.92 bits per heavy atom. The van der Waals surface area contributed by atoms with Gasteiger partial charge in [0.2, 0.25) is 0 Å². The van der Waals surface area contributed by atoms with Crippen LogP contribution in [-0.2, 0) is 6.42 Å². The molecule has 0 aromatic heterocycles. The monoisotopic (exact) mass is 178 g/mol. The van der Waals surface area contributed by atoms with Gasteiger partial charge < -0.3 is 10.2 Å². The van der Waals surface area contributed by atoms with E-state index < -0.39 is 0 Å². The Labute approximate surface area is 78.2 Å². The summed E-state index contributed by atoms with van der Waals surface area (Å²) < 4.78 is 0. The number of aliphatic hydroxyl groups excluding tert-OH is 2. The van der Waals surface area contributed by atoms with Crippen molar-refractivity contribution < 1.29 is 10.2 Å². The molecule has 0 aliphatic carbocycles. The number of hydrogen-bond donors (Lipinski definition) is 2. The predicted molar refractivity (Wildman–Crippen MR) is 53.4 cm³/mol. The predicted octanol–water partition coefficient (Wildman–Crippen LogP) is 1.23. The van der Waals surface area contributed by atoms with Crippen molar-refractivity contribution in [1.82, 2.24) is 0 Å². The molecule has 0 unspecified atom stereocenters. The molecular formula is C11H14O2. The van der Waals surface area contributed by atoms with E-state index in [-0.39, 0.29) is 13.2 Å². The number of hydrogen-bond acceptors (Lipinski definition) is 2. The van der Waals surface area contributed by atoms with Gasteiger partial charge in [-0.1, -0.05) is 36.4 Å². The van der Waals surface area contributed by atoms with Crippen LogP contribution >= 0.6 is 0 Å². The average Bonchev–Trinajstić information content (AvgIpc) is 2.17. The molecule has 13 heavy (non-hydrogen) atoms. The Kier molecular flexibility index (Phi) is 4.23. The van der Waals surface area contributed by atoms with Gasteiger partial charge in [-0.3, -0.25) is 0 Å². The van der Waals surface area contributed by atoms with Gasteiger partial charge in [0, 0.05) is 6.61 Å². The molecule has 0 saturated heterocycles. The van der Waals surface area contributed by atoms with Gasteiger partial charge in [0.25, 0.3) is 0 Å². The van der Waals surface area contributed by atoms with Crippen molar-refractivity contribution in [1.29, 1.82) is 0 Å². The molecule has 2 N–H and O–H groups in total. The highest BCUT2D eigenvalue weighted by atomic mass is 16.3. The summed E-state index contributed by atoms with van der Waals surface area (Å²) in [5, 5.41) is 17.4. The van der Waals surface area contributed by atoms with E-state index in [0.29, 0.717) is 6.42 Å². The Bertz CT molecular complexity index is 279. The quantitative estimate of drug-likeness (QED) is 0.728. The minimum atomic E-state index is 0.0491. The highest BCUT2D eigenvalue weighted by Crippen LogP contribution is 2.10. The summed E-state index contributed by atoms with van der Waals surface area (Å²) >= 11 is 0. The van der Waals surface area contributed by atoms with Crippen molar-refractivity contribution in [3.63, 3.8) is 0 Å². The first-order valence-electron chi connectivity index (χ1n) is 4.34. The van der Waals surface area contributed by atoms with Crippen LogP contribution in [0.3, 0.4) is 0 Å². The lowest BCUT2D eigenvalue weighted by molar-refractivity contribution is 0.299. The van der Waals surface area contributed by atoms with Crippen LogP contribution in [0.1, 0.15) is 11.1 Å². The van der Waals surface area contributed by atoms with Gasteiger partial charge >= 0.3 is 0 Å². The largest absolute Gasteiger partial charge is 0.396 e. The molecule has 0 bridgehead atoms. The maximum absolute atomic E-state index is 8.80. The van der Waals surface area contributed by atoms with E-state index in [0.717, 1.165) is 11.1 Å². The first-order valence-corrected chi connectivity index (χ1v) is 4.34. The number of rotatable bonds is 4. The summed E-state index contributed by atoms with van der Waals surface area (Å²) in [6.45, 7) is 0.206. The standard InChI is InChI=1S/C11H14O2/c12-8-3-6-10-4-1-2-5-11(10)7-9-13/h1-6,12-13H,7-9H2. The van der Waals surface area contributed by atoms with E-state index in [1.165, 1.54) is 0 Å². The fourth-order valence-corrected chi connectivity index (χ4v) is 1.22. The van der Waals surface area contributed by atoms with Crippen molar-refractivity contribution in [3.05, 3.63) is 41.5 Å². The second-order valence-corrected chi connectivity index (χ2v) is 2.76. The smallest absolute Gasteiger partial charge is 0.0615 e. The summed E-state index contributed by atoms with van der Waals surface area (Å²) in [5.74, 6) is 0. The summed E-state index contributed by atoms with van der Waals surface area (Å²) in [5.41, 5.74) is 2.17. The lowest BCUT2D eigenvalue weighted by atomic mass is 10.0. The average molecular weight is 178 g/mol.